The van der Waals surface area contributed by atoms with Gasteiger partial charge in [0, 0.05) is 44.9 Å². The fourth-order valence-corrected chi connectivity index (χ4v) is 2.88. The van der Waals surface area contributed by atoms with Crippen LogP contribution in [0, 0.1) is 0 Å². The SMILES string of the molecule is COCC(N)C(=O)N1CCCN(c2nccs2)CC1.Cl.Cl. The summed E-state index contributed by atoms with van der Waals surface area (Å²) in [6, 6.07) is -0.559. The van der Waals surface area contributed by atoms with Crippen molar-refractivity contribution in [1.82, 2.24) is 9.88 Å². The van der Waals surface area contributed by atoms with Crippen molar-refractivity contribution in [3.63, 3.8) is 0 Å². The monoisotopic (exact) mass is 356 g/mol. The van der Waals surface area contributed by atoms with Crippen LogP contribution in [0.5, 0.6) is 0 Å². The number of carbonyl (C=O) groups excluding carboxylic acids is 1. The fourth-order valence-electron chi connectivity index (χ4n) is 2.19. The molecule has 1 aliphatic rings. The highest BCUT2D eigenvalue weighted by Crippen LogP contribution is 2.19. The number of methoxy groups -OCH3 is 1. The third kappa shape index (κ3) is 5.60. The lowest BCUT2D eigenvalue weighted by molar-refractivity contribution is -0.133. The molecule has 2 N–H and O–H groups in total. The first-order valence-corrected chi connectivity index (χ1v) is 7.28. The van der Waals surface area contributed by atoms with Gasteiger partial charge < -0.3 is 20.3 Å². The van der Waals surface area contributed by atoms with E-state index in [-0.39, 0.29) is 37.3 Å². The van der Waals surface area contributed by atoms with Crippen LogP contribution in [0.2, 0.25) is 0 Å². The number of hydrogen-bond acceptors (Lipinski definition) is 6. The number of anilines is 1. The van der Waals surface area contributed by atoms with Gasteiger partial charge in [-0.05, 0) is 6.42 Å². The Morgan fingerprint density at radius 1 is 1.43 bits per heavy atom. The van der Waals surface area contributed by atoms with Gasteiger partial charge >= 0.3 is 0 Å². The second-order valence-corrected chi connectivity index (χ2v) is 5.42. The van der Waals surface area contributed by atoms with Gasteiger partial charge in [0.1, 0.15) is 6.04 Å². The average Bonchev–Trinajstić information content (AvgIpc) is 2.83. The molecule has 0 spiro atoms. The van der Waals surface area contributed by atoms with Gasteiger partial charge in [-0.15, -0.1) is 36.2 Å². The normalized spacial score (nSPS) is 16.5. The number of carbonyl (C=O) groups is 1. The number of hydrogen-bond donors (Lipinski definition) is 1. The van der Waals surface area contributed by atoms with Crippen molar-refractivity contribution >= 4 is 47.2 Å². The summed E-state index contributed by atoms with van der Waals surface area (Å²) in [4.78, 5) is 20.5. The summed E-state index contributed by atoms with van der Waals surface area (Å²) in [5.41, 5.74) is 5.80. The van der Waals surface area contributed by atoms with E-state index < -0.39 is 6.04 Å². The largest absolute Gasteiger partial charge is 0.383 e. The zero-order chi connectivity index (χ0) is 13.7. The third-order valence-electron chi connectivity index (χ3n) is 3.16. The number of nitrogens with two attached hydrogens (primary N) is 1. The lowest BCUT2D eigenvalue weighted by atomic mass is 10.2. The molecule has 0 bridgehead atoms. The van der Waals surface area contributed by atoms with E-state index in [0.717, 1.165) is 31.2 Å². The predicted molar refractivity (Wildman–Crippen MR) is 89.9 cm³/mol. The molecule has 21 heavy (non-hydrogen) atoms. The standard InChI is InChI=1S/C12H20N4O2S.2ClH/c1-18-9-10(13)11(17)15-4-2-5-16(7-6-15)12-14-3-8-19-12;;/h3,8,10H,2,4-7,9,13H2,1H3;2*1H. The van der Waals surface area contributed by atoms with Gasteiger partial charge in [0.2, 0.25) is 5.91 Å². The van der Waals surface area contributed by atoms with Crippen molar-refractivity contribution in [3.05, 3.63) is 11.6 Å². The summed E-state index contributed by atoms with van der Waals surface area (Å²) in [5.74, 6) is -0.0251. The Labute approximate surface area is 141 Å². The second-order valence-electron chi connectivity index (χ2n) is 4.54. The molecule has 1 aromatic rings. The minimum atomic E-state index is -0.559. The van der Waals surface area contributed by atoms with Crippen LogP contribution in [-0.4, -0.2) is 61.7 Å². The van der Waals surface area contributed by atoms with Gasteiger partial charge in [0.15, 0.2) is 5.13 Å². The first kappa shape index (κ1) is 20.4. The highest BCUT2D eigenvalue weighted by Gasteiger charge is 2.24. The second kappa shape index (κ2) is 10.2. The molecule has 6 nitrogen and oxygen atoms in total. The molecular formula is C12H22Cl2N4O2S. The van der Waals surface area contributed by atoms with Gasteiger partial charge in [-0.2, -0.15) is 0 Å². The molecule has 0 radical (unpaired) electrons. The molecule has 122 valence electrons. The third-order valence-corrected chi connectivity index (χ3v) is 3.99. The number of halogens is 2. The van der Waals surface area contributed by atoms with E-state index in [1.165, 1.54) is 0 Å². The Kier molecular flexibility index (Phi) is 9.89. The molecule has 1 aliphatic heterocycles. The van der Waals surface area contributed by atoms with Gasteiger partial charge in [0.05, 0.1) is 6.61 Å². The Morgan fingerprint density at radius 3 is 2.81 bits per heavy atom. The summed E-state index contributed by atoms with van der Waals surface area (Å²) in [6.07, 6.45) is 2.74. The van der Waals surface area contributed by atoms with E-state index in [9.17, 15) is 4.79 Å². The number of aromatic nitrogens is 1. The molecule has 1 saturated heterocycles. The lowest BCUT2D eigenvalue weighted by Gasteiger charge is -2.24. The van der Waals surface area contributed by atoms with Crippen LogP contribution in [0.1, 0.15) is 6.42 Å². The van der Waals surface area contributed by atoms with E-state index in [0.29, 0.717) is 6.54 Å². The Hall–Kier alpha value is -0.600. The van der Waals surface area contributed by atoms with Crippen molar-refractivity contribution in [2.24, 2.45) is 5.73 Å². The Balaban J connectivity index is 0.00000200. The molecule has 1 fully saturated rings. The van der Waals surface area contributed by atoms with E-state index >= 15 is 0 Å². The molecule has 0 aliphatic carbocycles. The molecular weight excluding hydrogens is 335 g/mol. The van der Waals surface area contributed by atoms with Gasteiger partial charge in [-0.1, -0.05) is 0 Å². The smallest absolute Gasteiger partial charge is 0.241 e. The maximum atomic E-state index is 12.1. The molecule has 2 heterocycles. The molecule has 1 unspecified atom stereocenters. The molecule has 2 rings (SSSR count). The van der Waals surface area contributed by atoms with Crippen LogP contribution in [-0.2, 0) is 9.53 Å². The van der Waals surface area contributed by atoms with Gasteiger partial charge in [-0.25, -0.2) is 4.98 Å². The highest BCUT2D eigenvalue weighted by atomic mass is 35.5. The quantitative estimate of drug-likeness (QED) is 0.871. The van der Waals surface area contributed by atoms with Crippen LogP contribution >= 0.6 is 36.2 Å². The first-order valence-electron chi connectivity index (χ1n) is 6.40. The molecule has 0 aromatic carbocycles. The maximum absolute atomic E-state index is 12.1. The molecule has 1 atom stereocenters. The highest BCUT2D eigenvalue weighted by molar-refractivity contribution is 7.13. The van der Waals surface area contributed by atoms with Crippen molar-refractivity contribution < 1.29 is 9.53 Å². The van der Waals surface area contributed by atoms with Crippen molar-refractivity contribution in [2.75, 3.05) is 44.8 Å². The summed E-state index contributed by atoms with van der Waals surface area (Å²) >= 11 is 1.63. The van der Waals surface area contributed by atoms with Crippen LogP contribution in [0.4, 0.5) is 5.13 Å². The zero-order valence-electron chi connectivity index (χ0n) is 11.9. The van der Waals surface area contributed by atoms with Crippen LogP contribution in [0.25, 0.3) is 0 Å². The van der Waals surface area contributed by atoms with Crippen molar-refractivity contribution in [1.29, 1.82) is 0 Å². The number of ether oxygens (including phenoxy) is 1. The molecule has 9 heteroatoms. The minimum Gasteiger partial charge on any atom is -0.383 e. The van der Waals surface area contributed by atoms with E-state index in [1.54, 1.807) is 18.4 Å². The zero-order valence-corrected chi connectivity index (χ0v) is 14.4. The number of nitrogens with zero attached hydrogens (tertiary/aromatic N) is 3. The first-order chi connectivity index (χ1) is 9.22. The maximum Gasteiger partial charge on any atom is 0.241 e. The fraction of sp³-hybridized carbons (Fsp3) is 0.667. The summed E-state index contributed by atoms with van der Waals surface area (Å²) in [7, 11) is 1.56. The average molecular weight is 357 g/mol. The molecule has 1 amide bonds. The number of rotatable bonds is 4. The van der Waals surface area contributed by atoms with Gasteiger partial charge in [-0.3, -0.25) is 4.79 Å². The van der Waals surface area contributed by atoms with Crippen molar-refractivity contribution in [3.8, 4) is 0 Å². The number of amides is 1. The number of thiazole rings is 1. The topological polar surface area (TPSA) is 71.7 Å². The van der Waals surface area contributed by atoms with Crippen LogP contribution < -0.4 is 10.6 Å². The van der Waals surface area contributed by atoms with Crippen LogP contribution in [0.15, 0.2) is 11.6 Å². The van der Waals surface area contributed by atoms with E-state index in [1.807, 2.05) is 16.5 Å². The van der Waals surface area contributed by atoms with Gasteiger partial charge in [0.25, 0.3) is 0 Å². The summed E-state index contributed by atoms with van der Waals surface area (Å²) < 4.78 is 4.94. The molecule has 0 saturated carbocycles. The molecule has 1 aromatic heterocycles. The summed E-state index contributed by atoms with van der Waals surface area (Å²) in [5, 5.41) is 2.99. The van der Waals surface area contributed by atoms with E-state index in [4.69, 9.17) is 10.5 Å². The van der Waals surface area contributed by atoms with Crippen LogP contribution in [0.3, 0.4) is 0 Å². The Bertz CT molecular complexity index is 408. The minimum absolute atomic E-state index is 0. The lowest BCUT2D eigenvalue weighted by Crippen LogP contribution is -2.47. The predicted octanol–water partition coefficient (Wildman–Crippen LogP) is 0.999. The van der Waals surface area contributed by atoms with E-state index in [2.05, 4.69) is 9.88 Å². The Morgan fingerprint density at radius 2 is 2.19 bits per heavy atom. The summed E-state index contributed by atoms with van der Waals surface area (Å²) in [6.45, 7) is 3.44. The van der Waals surface area contributed by atoms with Crippen molar-refractivity contribution in [2.45, 2.75) is 12.5 Å².